The lowest BCUT2D eigenvalue weighted by molar-refractivity contribution is 0.662. The van der Waals surface area contributed by atoms with Crippen molar-refractivity contribution < 1.29 is 0 Å². The van der Waals surface area contributed by atoms with Gasteiger partial charge in [-0.25, -0.2) is 0 Å². The minimum absolute atomic E-state index is 0.0343. The van der Waals surface area contributed by atoms with Gasteiger partial charge in [0.1, 0.15) is 0 Å². The van der Waals surface area contributed by atoms with E-state index in [4.69, 9.17) is 0 Å². The van der Waals surface area contributed by atoms with Gasteiger partial charge in [-0.3, -0.25) is 0 Å². The Labute approximate surface area is 180 Å². The summed E-state index contributed by atoms with van der Waals surface area (Å²) in [6.07, 6.45) is 0. The lowest BCUT2D eigenvalue weighted by Crippen LogP contribution is -2.14. The third kappa shape index (κ3) is 2.12. The maximum atomic E-state index is 3.65. The van der Waals surface area contributed by atoms with Gasteiger partial charge in [-0.05, 0) is 84.6 Å². The first-order chi connectivity index (χ1) is 14.9. The van der Waals surface area contributed by atoms with E-state index < -0.39 is 0 Å². The molecule has 2 heteroatoms. The average molecular weight is 401 g/mol. The largest absolute Gasteiger partial charge is 0.355 e. The van der Waals surface area contributed by atoms with Crippen LogP contribution in [0.15, 0.2) is 60.7 Å². The minimum atomic E-state index is -0.0343. The molecule has 0 bridgehead atoms. The molecule has 1 aliphatic carbocycles. The molecule has 31 heavy (non-hydrogen) atoms. The van der Waals surface area contributed by atoms with Crippen LogP contribution in [0.1, 0.15) is 36.1 Å². The Morgan fingerprint density at radius 1 is 0.516 bits per heavy atom. The van der Waals surface area contributed by atoms with Crippen molar-refractivity contribution >= 4 is 43.6 Å². The van der Waals surface area contributed by atoms with Crippen LogP contribution < -0.4 is 0 Å². The van der Waals surface area contributed by atoms with Crippen LogP contribution in [-0.4, -0.2) is 9.97 Å². The van der Waals surface area contributed by atoms with Gasteiger partial charge >= 0.3 is 0 Å². The molecule has 2 heterocycles. The minimum Gasteiger partial charge on any atom is -0.355 e. The van der Waals surface area contributed by atoms with Crippen molar-refractivity contribution in [1.82, 2.24) is 9.97 Å². The number of H-pyrrole nitrogens is 2. The van der Waals surface area contributed by atoms with E-state index in [1.54, 1.807) is 0 Å². The maximum absolute atomic E-state index is 3.65. The van der Waals surface area contributed by atoms with Crippen LogP contribution in [0.2, 0.25) is 0 Å². The number of nitrogens with one attached hydrogen (secondary N) is 2. The van der Waals surface area contributed by atoms with Crippen LogP contribution in [0.5, 0.6) is 0 Å². The fourth-order valence-electron chi connectivity index (χ4n) is 5.75. The Bertz CT molecular complexity index is 1600. The number of aryl methyl sites for hydroxylation is 2. The molecular formula is C29H24N2. The van der Waals surface area contributed by atoms with E-state index in [2.05, 4.69) is 98.3 Å². The Kier molecular flexibility index (Phi) is 2.99. The second kappa shape index (κ2) is 5.39. The molecule has 150 valence electrons. The molecule has 7 rings (SSSR count). The molecule has 0 amide bonds. The predicted octanol–water partition coefficient (Wildman–Crippen LogP) is 7.88. The molecule has 2 aromatic heterocycles. The van der Waals surface area contributed by atoms with Crippen LogP contribution in [0, 0.1) is 13.8 Å². The van der Waals surface area contributed by atoms with E-state index >= 15 is 0 Å². The number of benzene rings is 4. The molecule has 2 N–H and O–H groups in total. The zero-order chi connectivity index (χ0) is 21.1. The van der Waals surface area contributed by atoms with Gasteiger partial charge in [-0.15, -0.1) is 0 Å². The Hall–Kier alpha value is -3.52. The zero-order valence-corrected chi connectivity index (χ0v) is 18.3. The highest BCUT2D eigenvalue weighted by molar-refractivity contribution is 6.12. The summed E-state index contributed by atoms with van der Waals surface area (Å²) in [6.45, 7) is 9.05. The van der Waals surface area contributed by atoms with Crippen molar-refractivity contribution in [2.24, 2.45) is 0 Å². The fourth-order valence-corrected chi connectivity index (χ4v) is 5.75. The second-order valence-electron chi connectivity index (χ2n) is 9.86. The summed E-state index contributed by atoms with van der Waals surface area (Å²) in [5, 5.41) is 5.26. The number of fused-ring (bicyclic) bond motifs is 9. The highest BCUT2D eigenvalue weighted by Gasteiger charge is 2.36. The van der Waals surface area contributed by atoms with E-state index in [9.17, 15) is 0 Å². The Morgan fingerprint density at radius 3 is 1.39 bits per heavy atom. The van der Waals surface area contributed by atoms with Crippen LogP contribution in [-0.2, 0) is 5.41 Å². The van der Waals surface area contributed by atoms with Crippen LogP contribution in [0.25, 0.3) is 54.7 Å². The summed E-state index contributed by atoms with van der Waals surface area (Å²) in [5.41, 5.74) is 13.0. The van der Waals surface area contributed by atoms with Gasteiger partial charge in [0.2, 0.25) is 0 Å². The van der Waals surface area contributed by atoms with Gasteiger partial charge in [-0.1, -0.05) is 37.1 Å². The zero-order valence-electron chi connectivity index (χ0n) is 18.3. The SMILES string of the molecule is Cc1ccc2[nH]c3cc4c(cc3c2c1)-c1cc2c(cc1C4(C)C)[nH]c1ccc(C)cc12. The van der Waals surface area contributed by atoms with Gasteiger partial charge in [0.05, 0.1) is 0 Å². The molecule has 2 nitrogen and oxygen atoms in total. The monoisotopic (exact) mass is 400 g/mol. The summed E-state index contributed by atoms with van der Waals surface area (Å²) in [5.74, 6) is 0. The van der Waals surface area contributed by atoms with E-state index in [0.29, 0.717) is 0 Å². The molecular weight excluding hydrogens is 376 g/mol. The maximum Gasteiger partial charge on any atom is 0.0468 e. The predicted molar refractivity (Wildman–Crippen MR) is 132 cm³/mol. The molecule has 6 aromatic rings. The quantitative estimate of drug-likeness (QED) is 0.260. The van der Waals surface area contributed by atoms with Crippen molar-refractivity contribution in [3.05, 3.63) is 82.9 Å². The van der Waals surface area contributed by atoms with Crippen LogP contribution in [0.4, 0.5) is 0 Å². The Morgan fingerprint density at radius 2 is 0.935 bits per heavy atom. The third-order valence-corrected chi connectivity index (χ3v) is 7.42. The molecule has 0 radical (unpaired) electrons. The highest BCUT2D eigenvalue weighted by atomic mass is 14.7. The molecule has 0 unspecified atom stereocenters. The van der Waals surface area contributed by atoms with E-state index in [-0.39, 0.29) is 5.41 Å². The second-order valence-corrected chi connectivity index (χ2v) is 9.86. The lowest BCUT2D eigenvalue weighted by atomic mass is 9.82. The number of hydrogen-bond donors (Lipinski definition) is 2. The summed E-state index contributed by atoms with van der Waals surface area (Å²) in [4.78, 5) is 7.30. The van der Waals surface area contributed by atoms with Gasteiger partial charge in [0.25, 0.3) is 0 Å². The summed E-state index contributed by atoms with van der Waals surface area (Å²) >= 11 is 0. The molecule has 1 aliphatic rings. The van der Waals surface area contributed by atoms with E-state index in [1.807, 2.05) is 0 Å². The molecule has 0 fully saturated rings. The fraction of sp³-hybridized carbons (Fsp3) is 0.172. The van der Waals surface area contributed by atoms with Gasteiger partial charge < -0.3 is 9.97 Å². The Balaban J connectivity index is 1.60. The first-order valence-corrected chi connectivity index (χ1v) is 11.0. The lowest BCUT2D eigenvalue weighted by Gasteiger charge is -2.21. The van der Waals surface area contributed by atoms with Gasteiger partial charge in [0.15, 0.2) is 0 Å². The third-order valence-electron chi connectivity index (χ3n) is 7.42. The average Bonchev–Trinajstić information content (AvgIpc) is 3.34. The molecule has 0 spiro atoms. The van der Waals surface area contributed by atoms with Gasteiger partial charge in [-0.2, -0.15) is 0 Å². The van der Waals surface area contributed by atoms with Crippen molar-refractivity contribution in [3.8, 4) is 11.1 Å². The number of aromatic amines is 2. The first kappa shape index (κ1) is 17.2. The van der Waals surface area contributed by atoms with Crippen LogP contribution in [0.3, 0.4) is 0 Å². The number of rotatable bonds is 0. The topological polar surface area (TPSA) is 31.6 Å². The number of hydrogen-bond acceptors (Lipinski definition) is 0. The van der Waals surface area contributed by atoms with Gasteiger partial charge in [0, 0.05) is 49.0 Å². The summed E-state index contributed by atoms with van der Waals surface area (Å²) in [6, 6.07) is 23.0. The number of aromatic nitrogens is 2. The molecule has 0 atom stereocenters. The van der Waals surface area contributed by atoms with Crippen LogP contribution >= 0.6 is 0 Å². The highest BCUT2D eigenvalue weighted by Crippen LogP contribution is 2.52. The summed E-state index contributed by atoms with van der Waals surface area (Å²) < 4.78 is 0. The molecule has 0 aliphatic heterocycles. The van der Waals surface area contributed by atoms with Crippen molar-refractivity contribution in [3.63, 3.8) is 0 Å². The van der Waals surface area contributed by atoms with E-state index in [1.165, 1.54) is 77.0 Å². The van der Waals surface area contributed by atoms with Crippen molar-refractivity contribution in [2.45, 2.75) is 33.1 Å². The standard InChI is InChI=1S/C29H24N2/c1-15-5-7-25-19(9-15)21-11-17-18-12-22-20-10-16(2)6-8-26(20)31-28(22)14-24(18)29(3,4)23(17)13-27(21)30-25/h5-14,30-31H,1-4H3. The molecule has 0 saturated heterocycles. The summed E-state index contributed by atoms with van der Waals surface area (Å²) in [7, 11) is 0. The molecule has 4 aromatic carbocycles. The normalized spacial score (nSPS) is 14.7. The first-order valence-electron chi connectivity index (χ1n) is 11.0. The van der Waals surface area contributed by atoms with Crippen molar-refractivity contribution in [2.75, 3.05) is 0 Å². The smallest absolute Gasteiger partial charge is 0.0468 e. The van der Waals surface area contributed by atoms with Crippen molar-refractivity contribution in [1.29, 1.82) is 0 Å². The molecule has 0 saturated carbocycles. The van der Waals surface area contributed by atoms with E-state index in [0.717, 1.165) is 0 Å².